The third-order valence-electron chi connectivity index (χ3n) is 3.63. The van der Waals surface area contributed by atoms with Crippen LogP contribution < -0.4 is 5.32 Å². The lowest BCUT2D eigenvalue weighted by atomic mass is 10.3. The number of hydrogen-bond donors (Lipinski definition) is 1. The Labute approximate surface area is 126 Å². The Kier molecular flexibility index (Phi) is 3.70. The van der Waals surface area contributed by atoms with Gasteiger partial charge >= 0.3 is 0 Å². The van der Waals surface area contributed by atoms with Crippen LogP contribution in [0.4, 0.5) is 10.2 Å². The summed E-state index contributed by atoms with van der Waals surface area (Å²) in [5.41, 5.74) is 0.359. The van der Waals surface area contributed by atoms with Gasteiger partial charge in [0.25, 0.3) is 5.91 Å². The van der Waals surface area contributed by atoms with Crippen molar-refractivity contribution in [1.29, 1.82) is 0 Å². The highest BCUT2D eigenvalue weighted by molar-refractivity contribution is 5.91. The minimum atomic E-state index is -0.459. The number of rotatable bonds is 4. The van der Waals surface area contributed by atoms with Gasteiger partial charge in [0.1, 0.15) is 6.33 Å². The fourth-order valence-electron chi connectivity index (χ4n) is 2.32. The summed E-state index contributed by atoms with van der Waals surface area (Å²) in [6, 6.07) is 0. The number of carbonyl (C=O) groups excluding carboxylic acids is 1. The van der Waals surface area contributed by atoms with Crippen LogP contribution in [0, 0.1) is 5.82 Å². The van der Waals surface area contributed by atoms with Gasteiger partial charge in [-0.15, -0.1) is 10.2 Å². The molecule has 22 heavy (non-hydrogen) atoms. The maximum absolute atomic E-state index is 14.1. The third-order valence-corrected chi connectivity index (χ3v) is 3.63. The Morgan fingerprint density at radius 1 is 1.32 bits per heavy atom. The molecule has 0 atom stereocenters. The lowest BCUT2D eigenvalue weighted by molar-refractivity contribution is 0.0740. The molecule has 1 aliphatic rings. The number of aryl methyl sites for hydroxylation is 1. The normalized spacial score (nSPS) is 14.1. The van der Waals surface area contributed by atoms with Gasteiger partial charge in [0.05, 0.1) is 12.2 Å². The molecule has 0 radical (unpaired) electrons. The van der Waals surface area contributed by atoms with Gasteiger partial charge in [0.15, 0.2) is 17.5 Å². The summed E-state index contributed by atoms with van der Waals surface area (Å²) in [6.45, 7) is 3.28. The Hall–Kier alpha value is -2.58. The summed E-state index contributed by atoms with van der Waals surface area (Å²) in [6.07, 6.45) is 1.81. The largest absolute Gasteiger partial charge is 0.360 e. The molecule has 1 aliphatic heterocycles. The van der Waals surface area contributed by atoms with Gasteiger partial charge < -0.3 is 14.8 Å². The average molecular weight is 305 g/mol. The number of fused-ring (bicyclic) bond motifs is 1. The summed E-state index contributed by atoms with van der Waals surface area (Å²) in [5, 5.41) is 10.8. The molecule has 116 valence electrons. The lowest BCUT2D eigenvalue weighted by Crippen LogP contribution is -2.38. The summed E-state index contributed by atoms with van der Waals surface area (Å²) in [4.78, 5) is 21.3. The molecule has 1 amide bonds. The first-order valence-electron chi connectivity index (χ1n) is 7.02. The average Bonchev–Trinajstić information content (AvgIpc) is 2.94. The summed E-state index contributed by atoms with van der Waals surface area (Å²) >= 11 is 0. The Bertz CT molecular complexity index is 714. The summed E-state index contributed by atoms with van der Waals surface area (Å²) in [5.74, 6) is 0.393. The number of likely N-dealkylation sites (N-methyl/N-ethyl adjacent to an activating group) is 1. The van der Waals surface area contributed by atoms with E-state index in [4.69, 9.17) is 0 Å². The second-order valence-electron chi connectivity index (χ2n) is 5.01. The standard InChI is InChI=1S/C13H16FN7O/c1-3-8-10(14)11(17-7-16-8)15-6-9-18-19-12-13(22)20(2)4-5-21(9)12/h7H,3-6H2,1-2H3,(H,15,16,17). The highest BCUT2D eigenvalue weighted by Gasteiger charge is 2.26. The third kappa shape index (κ3) is 2.38. The van der Waals surface area contributed by atoms with Gasteiger partial charge in [-0.1, -0.05) is 6.92 Å². The first kappa shape index (κ1) is 14.4. The van der Waals surface area contributed by atoms with Gasteiger partial charge in [-0.2, -0.15) is 0 Å². The maximum atomic E-state index is 14.1. The fourth-order valence-corrected chi connectivity index (χ4v) is 2.32. The van der Waals surface area contributed by atoms with E-state index in [9.17, 15) is 9.18 Å². The highest BCUT2D eigenvalue weighted by atomic mass is 19.1. The molecule has 0 unspecified atom stereocenters. The molecule has 0 aromatic carbocycles. The van der Waals surface area contributed by atoms with E-state index in [0.717, 1.165) is 0 Å². The number of hydrogen-bond acceptors (Lipinski definition) is 6. The molecule has 1 N–H and O–H groups in total. The van der Waals surface area contributed by atoms with Crippen LogP contribution in [0.25, 0.3) is 0 Å². The Morgan fingerprint density at radius 2 is 2.14 bits per heavy atom. The minimum Gasteiger partial charge on any atom is -0.360 e. The zero-order chi connectivity index (χ0) is 15.7. The number of anilines is 1. The molecule has 0 aliphatic carbocycles. The van der Waals surface area contributed by atoms with Crippen LogP contribution in [-0.4, -0.2) is 49.1 Å². The van der Waals surface area contributed by atoms with Crippen molar-refractivity contribution in [3.05, 3.63) is 29.5 Å². The van der Waals surface area contributed by atoms with E-state index in [2.05, 4.69) is 25.5 Å². The van der Waals surface area contributed by atoms with Gasteiger partial charge in [-0.3, -0.25) is 4.79 Å². The smallest absolute Gasteiger partial charge is 0.291 e. The van der Waals surface area contributed by atoms with E-state index >= 15 is 0 Å². The molecular formula is C13H16FN7O. The van der Waals surface area contributed by atoms with E-state index < -0.39 is 5.82 Å². The Balaban J connectivity index is 1.79. The molecule has 0 spiro atoms. The van der Waals surface area contributed by atoms with Crippen LogP contribution in [0.3, 0.4) is 0 Å². The number of nitrogens with zero attached hydrogens (tertiary/aromatic N) is 6. The highest BCUT2D eigenvalue weighted by Crippen LogP contribution is 2.15. The van der Waals surface area contributed by atoms with Crippen molar-refractivity contribution < 1.29 is 9.18 Å². The van der Waals surface area contributed by atoms with Crippen molar-refractivity contribution in [3.8, 4) is 0 Å². The predicted octanol–water partition coefficient (Wildman–Crippen LogP) is 0.467. The Morgan fingerprint density at radius 3 is 2.91 bits per heavy atom. The van der Waals surface area contributed by atoms with E-state index in [1.165, 1.54) is 6.33 Å². The van der Waals surface area contributed by atoms with Crippen molar-refractivity contribution >= 4 is 11.7 Å². The first-order chi connectivity index (χ1) is 10.6. The summed E-state index contributed by atoms with van der Waals surface area (Å²) < 4.78 is 15.8. The van der Waals surface area contributed by atoms with Crippen LogP contribution in [0.15, 0.2) is 6.33 Å². The molecule has 3 heterocycles. The van der Waals surface area contributed by atoms with Gasteiger partial charge in [-0.25, -0.2) is 14.4 Å². The first-order valence-corrected chi connectivity index (χ1v) is 7.02. The molecule has 0 saturated heterocycles. The molecule has 2 aromatic rings. The van der Waals surface area contributed by atoms with Crippen LogP contribution >= 0.6 is 0 Å². The maximum Gasteiger partial charge on any atom is 0.291 e. The number of nitrogens with one attached hydrogen (secondary N) is 1. The van der Waals surface area contributed by atoms with Crippen LogP contribution in [0.2, 0.25) is 0 Å². The molecule has 9 heteroatoms. The topological polar surface area (TPSA) is 88.8 Å². The second-order valence-corrected chi connectivity index (χ2v) is 5.01. The van der Waals surface area contributed by atoms with Crippen LogP contribution in [-0.2, 0) is 19.5 Å². The van der Waals surface area contributed by atoms with Crippen LogP contribution in [0.1, 0.15) is 29.1 Å². The molecule has 2 aromatic heterocycles. The number of aromatic nitrogens is 5. The number of halogens is 1. The predicted molar refractivity (Wildman–Crippen MR) is 75.7 cm³/mol. The molecule has 8 nitrogen and oxygen atoms in total. The van der Waals surface area contributed by atoms with Crippen molar-refractivity contribution in [2.75, 3.05) is 18.9 Å². The molecule has 0 bridgehead atoms. The lowest BCUT2D eigenvalue weighted by Gasteiger charge is -2.23. The SMILES string of the molecule is CCc1ncnc(NCc2nnc3n2CCN(C)C3=O)c1F. The van der Waals surface area contributed by atoms with Crippen molar-refractivity contribution in [3.63, 3.8) is 0 Å². The quantitative estimate of drug-likeness (QED) is 0.883. The van der Waals surface area contributed by atoms with Crippen molar-refractivity contribution in [1.82, 2.24) is 29.6 Å². The van der Waals surface area contributed by atoms with Crippen molar-refractivity contribution in [2.45, 2.75) is 26.4 Å². The minimum absolute atomic E-state index is 0.128. The monoisotopic (exact) mass is 305 g/mol. The zero-order valence-corrected chi connectivity index (χ0v) is 12.4. The summed E-state index contributed by atoms with van der Waals surface area (Å²) in [7, 11) is 1.72. The van der Waals surface area contributed by atoms with Gasteiger partial charge in [0, 0.05) is 20.1 Å². The van der Waals surface area contributed by atoms with Gasteiger partial charge in [-0.05, 0) is 6.42 Å². The van der Waals surface area contributed by atoms with E-state index in [1.54, 1.807) is 16.5 Å². The molecule has 0 fully saturated rings. The molecule has 0 saturated carbocycles. The van der Waals surface area contributed by atoms with Crippen LogP contribution in [0.5, 0.6) is 0 Å². The molecule has 3 rings (SSSR count). The number of carbonyl (C=O) groups is 1. The van der Waals surface area contributed by atoms with E-state index in [-0.39, 0.29) is 18.3 Å². The zero-order valence-electron chi connectivity index (χ0n) is 12.4. The van der Waals surface area contributed by atoms with E-state index in [0.29, 0.717) is 36.9 Å². The van der Waals surface area contributed by atoms with Crippen molar-refractivity contribution in [2.24, 2.45) is 0 Å². The van der Waals surface area contributed by atoms with E-state index in [1.807, 2.05) is 6.92 Å². The number of amides is 1. The second kappa shape index (κ2) is 5.66. The van der Waals surface area contributed by atoms with Gasteiger partial charge in [0.2, 0.25) is 5.82 Å². The molecular weight excluding hydrogens is 289 g/mol. The fraction of sp³-hybridized carbons (Fsp3) is 0.462.